The standard InChI is InChI=1S/C13H21N3O3S/c1-13(2,3)9(8-11(17)18)16-12(19)15-5-4-10-14-6-7-20-10/h6-7,9H,4-5,8H2,1-3H3,(H,17,18)(H2,15,16,19). The number of carboxylic acids is 1. The number of aliphatic carboxylic acids is 1. The summed E-state index contributed by atoms with van der Waals surface area (Å²) in [7, 11) is 0. The van der Waals surface area contributed by atoms with Crippen molar-refractivity contribution in [3.8, 4) is 0 Å². The normalized spacial score (nSPS) is 12.8. The third kappa shape index (κ3) is 6.01. The highest BCUT2D eigenvalue weighted by Crippen LogP contribution is 2.21. The van der Waals surface area contributed by atoms with Gasteiger partial charge in [0.05, 0.1) is 11.4 Å². The molecule has 6 nitrogen and oxygen atoms in total. The molecular weight excluding hydrogens is 278 g/mol. The predicted molar refractivity (Wildman–Crippen MR) is 77.8 cm³/mol. The molecule has 2 amide bonds. The average molecular weight is 299 g/mol. The Morgan fingerprint density at radius 2 is 2.15 bits per heavy atom. The minimum Gasteiger partial charge on any atom is -0.481 e. The number of carboxylic acid groups (broad SMARTS) is 1. The predicted octanol–water partition coefficient (Wildman–Crippen LogP) is 1.87. The van der Waals surface area contributed by atoms with E-state index in [0.717, 1.165) is 5.01 Å². The lowest BCUT2D eigenvalue weighted by molar-refractivity contribution is -0.138. The van der Waals surface area contributed by atoms with Gasteiger partial charge in [0.15, 0.2) is 0 Å². The fourth-order valence-corrected chi connectivity index (χ4v) is 2.24. The second-order valence-corrected chi connectivity index (χ2v) is 6.57. The lowest BCUT2D eigenvalue weighted by Crippen LogP contribution is -2.49. The van der Waals surface area contributed by atoms with Gasteiger partial charge in [-0.2, -0.15) is 0 Å². The molecule has 0 aromatic carbocycles. The van der Waals surface area contributed by atoms with Gasteiger partial charge in [-0.15, -0.1) is 11.3 Å². The van der Waals surface area contributed by atoms with Crippen molar-refractivity contribution in [1.82, 2.24) is 15.6 Å². The van der Waals surface area contributed by atoms with Crippen molar-refractivity contribution in [2.75, 3.05) is 6.54 Å². The molecule has 0 fully saturated rings. The lowest BCUT2D eigenvalue weighted by atomic mass is 9.85. The van der Waals surface area contributed by atoms with Crippen LogP contribution in [0.4, 0.5) is 4.79 Å². The van der Waals surface area contributed by atoms with Crippen molar-refractivity contribution in [3.63, 3.8) is 0 Å². The van der Waals surface area contributed by atoms with Crippen molar-refractivity contribution in [2.45, 2.75) is 39.7 Å². The molecule has 20 heavy (non-hydrogen) atoms. The van der Waals surface area contributed by atoms with Gasteiger partial charge in [0.25, 0.3) is 0 Å². The molecule has 0 spiro atoms. The zero-order chi connectivity index (χ0) is 15.2. The Labute approximate surface area is 122 Å². The maximum absolute atomic E-state index is 11.8. The van der Waals surface area contributed by atoms with Crippen molar-refractivity contribution < 1.29 is 14.7 Å². The van der Waals surface area contributed by atoms with Crippen LogP contribution in [-0.2, 0) is 11.2 Å². The second kappa shape index (κ2) is 7.23. The highest BCUT2D eigenvalue weighted by atomic mass is 32.1. The Bertz CT molecular complexity index is 440. The van der Waals surface area contributed by atoms with Gasteiger partial charge in [0.2, 0.25) is 0 Å². The minimum absolute atomic E-state index is 0.0938. The molecule has 0 bridgehead atoms. The van der Waals surface area contributed by atoms with Crippen LogP contribution in [0, 0.1) is 5.41 Å². The molecule has 0 saturated carbocycles. The average Bonchev–Trinajstić information content (AvgIpc) is 2.79. The molecule has 0 aliphatic carbocycles. The van der Waals surface area contributed by atoms with Crippen molar-refractivity contribution in [1.29, 1.82) is 0 Å². The number of thiazole rings is 1. The van der Waals surface area contributed by atoms with E-state index in [-0.39, 0.29) is 17.9 Å². The van der Waals surface area contributed by atoms with Crippen molar-refractivity contribution in [3.05, 3.63) is 16.6 Å². The maximum Gasteiger partial charge on any atom is 0.315 e. The van der Waals surface area contributed by atoms with Crippen LogP contribution in [0.15, 0.2) is 11.6 Å². The van der Waals surface area contributed by atoms with E-state index in [1.807, 2.05) is 26.2 Å². The van der Waals surface area contributed by atoms with Gasteiger partial charge < -0.3 is 15.7 Å². The quantitative estimate of drug-likeness (QED) is 0.748. The molecule has 0 aliphatic rings. The molecule has 1 unspecified atom stereocenters. The van der Waals surface area contributed by atoms with E-state index in [2.05, 4.69) is 15.6 Å². The fourth-order valence-electron chi connectivity index (χ4n) is 1.62. The summed E-state index contributed by atoms with van der Waals surface area (Å²) in [6, 6.07) is -0.761. The summed E-state index contributed by atoms with van der Waals surface area (Å²) < 4.78 is 0. The zero-order valence-electron chi connectivity index (χ0n) is 12.0. The smallest absolute Gasteiger partial charge is 0.315 e. The van der Waals surface area contributed by atoms with Crippen LogP contribution in [0.1, 0.15) is 32.2 Å². The van der Waals surface area contributed by atoms with Crippen LogP contribution in [0.25, 0.3) is 0 Å². The lowest BCUT2D eigenvalue weighted by Gasteiger charge is -2.30. The zero-order valence-corrected chi connectivity index (χ0v) is 12.8. The van der Waals surface area contributed by atoms with Gasteiger partial charge in [-0.25, -0.2) is 9.78 Å². The van der Waals surface area contributed by atoms with Crippen LogP contribution < -0.4 is 10.6 Å². The Morgan fingerprint density at radius 1 is 1.45 bits per heavy atom. The monoisotopic (exact) mass is 299 g/mol. The summed E-state index contributed by atoms with van der Waals surface area (Å²) in [6.45, 7) is 6.17. The van der Waals surface area contributed by atoms with Gasteiger partial charge >= 0.3 is 12.0 Å². The van der Waals surface area contributed by atoms with Crippen LogP contribution in [-0.4, -0.2) is 34.7 Å². The van der Waals surface area contributed by atoms with Gasteiger partial charge in [0.1, 0.15) is 0 Å². The minimum atomic E-state index is -0.923. The first kappa shape index (κ1) is 16.4. The number of hydrogen-bond acceptors (Lipinski definition) is 4. The number of nitrogens with one attached hydrogen (secondary N) is 2. The number of carbonyl (C=O) groups excluding carboxylic acids is 1. The van der Waals surface area contributed by atoms with E-state index in [1.165, 1.54) is 0 Å². The fraction of sp³-hybridized carbons (Fsp3) is 0.615. The van der Waals surface area contributed by atoms with E-state index in [9.17, 15) is 9.59 Å². The molecule has 1 heterocycles. The molecule has 1 rings (SSSR count). The van der Waals surface area contributed by atoms with Crippen LogP contribution in [0.5, 0.6) is 0 Å². The topological polar surface area (TPSA) is 91.3 Å². The van der Waals surface area contributed by atoms with Crippen molar-refractivity contribution in [2.24, 2.45) is 5.41 Å². The molecule has 3 N–H and O–H groups in total. The summed E-state index contributed by atoms with van der Waals surface area (Å²) in [4.78, 5) is 26.7. The molecule has 1 atom stereocenters. The summed E-state index contributed by atoms with van der Waals surface area (Å²) in [5, 5.41) is 17.2. The second-order valence-electron chi connectivity index (χ2n) is 5.59. The maximum atomic E-state index is 11.8. The van der Waals surface area contributed by atoms with E-state index in [0.29, 0.717) is 13.0 Å². The van der Waals surface area contributed by atoms with Gasteiger partial charge in [-0.1, -0.05) is 20.8 Å². The number of amides is 2. The highest BCUT2D eigenvalue weighted by molar-refractivity contribution is 7.09. The number of carbonyl (C=O) groups is 2. The largest absolute Gasteiger partial charge is 0.481 e. The van der Waals surface area contributed by atoms with E-state index in [1.54, 1.807) is 17.5 Å². The van der Waals surface area contributed by atoms with E-state index in [4.69, 9.17) is 5.11 Å². The Balaban J connectivity index is 2.39. The number of hydrogen-bond donors (Lipinski definition) is 3. The third-order valence-electron chi connectivity index (χ3n) is 2.84. The molecule has 112 valence electrons. The number of urea groups is 1. The summed E-state index contributed by atoms with van der Waals surface area (Å²) in [5.41, 5.74) is -0.314. The number of nitrogens with zero attached hydrogens (tertiary/aromatic N) is 1. The van der Waals surface area contributed by atoms with Crippen molar-refractivity contribution >= 4 is 23.3 Å². The molecule has 0 radical (unpaired) electrons. The summed E-state index contributed by atoms with van der Waals surface area (Å²) in [5.74, 6) is -0.923. The molecule has 7 heteroatoms. The Hall–Kier alpha value is -1.63. The Morgan fingerprint density at radius 3 is 2.65 bits per heavy atom. The molecule has 0 aliphatic heterocycles. The first-order valence-corrected chi connectivity index (χ1v) is 7.31. The summed E-state index contributed by atoms with van der Waals surface area (Å²) >= 11 is 1.54. The first-order valence-electron chi connectivity index (χ1n) is 6.43. The first-order chi connectivity index (χ1) is 9.29. The van der Waals surface area contributed by atoms with E-state index >= 15 is 0 Å². The summed E-state index contributed by atoms with van der Waals surface area (Å²) in [6.07, 6.45) is 2.30. The van der Waals surface area contributed by atoms with Crippen LogP contribution in [0.2, 0.25) is 0 Å². The molecule has 1 aromatic rings. The Kier molecular flexibility index (Phi) is 5.94. The number of rotatable bonds is 6. The molecule has 1 aromatic heterocycles. The van der Waals surface area contributed by atoms with Crippen LogP contribution in [0.3, 0.4) is 0 Å². The molecule has 0 saturated heterocycles. The van der Waals surface area contributed by atoms with Gasteiger partial charge in [-0.05, 0) is 5.41 Å². The number of aromatic nitrogens is 1. The van der Waals surface area contributed by atoms with Crippen LogP contribution >= 0.6 is 11.3 Å². The SMILES string of the molecule is CC(C)(C)C(CC(=O)O)NC(=O)NCCc1nccs1. The third-order valence-corrected chi connectivity index (χ3v) is 3.68. The highest BCUT2D eigenvalue weighted by Gasteiger charge is 2.28. The van der Waals surface area contributed by atoms with E-state index < -0.39 is 12.0 Å². The van der Waals surface area contributed by atoms with Gasteiger partial charge in [-0.3, -0.25) is 4.79 Å². The molecular formula is C13H21N3O3S. The van der Waals surface area contributed by atoms with Gasteiger partial charge in [0, 0.05) is 30.6 Å².